The highest BCUT2D eigenvalue weighted by molar-refractivity contribution is 8.00. The number of nitrogens with one attached hydrogen (secondary N) is 1. The Morgan fingerprint density at radius 1 is 1.09 bits per heavy atom. The number of benzene rings is 2. The number of rotatable bonds is 7. The van der Waals surface area contributed by atoms with E-state index in [0.717, 1.165) is 30.8 Å². The number of likely N-dealkylation sites (tertiary alicyclic amines) is 1. The van der Waals surface area contributed by atoms with Crippen LogP contribution in [0.25, 0.3) is 10.9 Å². The van der Waals surface area contributed by atoms with Gasteiger partial charge in [0.1, 0.15) is 5.82 Å². The molecule has 1 aliphatic rings. The Morgan fingerprint density at radius 2 is 1.81 bits per heavy atom. The summed E-state index contributed by atoms with van der Waals surface area (Å²) in [6.07, 6.45) is 2.11. The van der Waals surface area contributed by atoms with Gasteiger partial charge in [-0.05, 0) is 44.0 Å². The van der Waals surface area contributed by atoms with E-state index in [-0.39, 0.29) is 23.9 Å². The molecule has 0 bridgehead atoms. The van der Waals surface area contributed by atoms with Crippen LogP contribution in [0.15, 0.2) is 58.2 Å². The van der Waals surface area contributed by atoms with Crippen LogP contribution in [-0.4, -0.2) is 57.0 Å². The number of aromatic amines is 1. The van der Waals surface area contributed by atoms with Crippen LogP contribution in [0.5, 0.6) is 0 Å². The summed E-state index contributed by atoms with van der Waals surface area (Å²) in [6.45, 7) is 4.19. The van der Waals surface area contributed by atoms with E-state index in [1.165, 1.54) is 11.8 Å². The molecule has 0 atom stereocenters. The SMILES string of the molecule is CCN(Cc1nc2ccccc2c(=O)[nH]1)C(=O)c1ccccc1SCC(=O)N1CCCC1. The number of thioether (sulfide) groups is 1. The zero-order valence-electron chi connectivity index (χ0n) is 18.0. The predicted molar refractivity (Wildman–Crippen MR) is 126 cm³/mol. The van der Waals surface area contributed by atoms with Crippen LogP contribution in [-0.2, 0) is 11.3 Å². The van der Waals surface area contributed by atoms with Crippen LogP contribution < -0.4 is 5.56 Å². The summed E-state index contributed by atoms with van der Waals surface area (Å²) in [7, 11) is 0. The van der Waals surface area contributed by atoms with Gasteiger partial charge in [0.2, 0.25) is 5.91 Å². The van der Waals surface area contributed by atoms with E-state index in [1.807, 2.05) is 36.1 Å². The van der Waals surface area contributed by atoms with Gasteiger partial charge in [0.05, 0.1) is 28.8 Å². The van der Waals surface area contributed by atoms with Crippen molar-refractivity contribution in [1.82, 2.24) is 19.8 Å². The third-order valence-corrected chi connectivity index (χ3v) is 6.66. The Morgan fingerprint density at radius 3 is 2.59 bits per heavy atom. The van der Waals surface area contributed by atoms with Crippen LogP contribution in [0.1, 0.15) is 35.9 Å². The normalized spacial score (nSPS) is 13.5. The van der Waals surface area contributed by atoms with Crippen molar-refractivity contribution in [2.24, 2.45) is 0 Å². The fraction of sp³-hybridized carbons (Fsp3) is 0.333. The van der Waals surface area contributed by atoms with Crippen molar-refractivity contribution in [1.29, 1.82) is 0 Å². The topological polar surface area (TPSA) is 86.4 Å². The molecular formula is C24H26N4O3S. The molecule has 8 heteroatoms. The minimum Gasteiger partial charge on any atom is -0.342 e. The summed E-state index contributed by atoms with van der Waals surface area (Å²) in [6, 6.07) is 14.5. The minimum absolute atomic E-state index is 0.111. The molecule has 1 aromatic heterocycles. The number of carbonyl (C=O) groups excluding carboxylic acids is 2. The van der Waals surface area contributed by atoms with Crippen molar-refractivity contribution < 1.29 is 9.59 Å². The fourth-order valence-corrected chi connectivity index (χ4v) is 4.80. The molecule has 1 aliphatic heterocycles. The second-order valence-electron chi connectivity index (χ2n) is 7.72. The molecule has 1 fully saturated rings. The lowest BCUT2D eigenvalue weighted by molar-refractivity contribution is -0.127. The van der Waals surface area contributed by atoms with Crippen LogP contribution in [0.3, 0.4) is 0 Å². The molecule has 2 heterocycles. The molecule has 0 unspecified atom stereocenters. The molecule has 0 radical (unpaired) electrons. The quantitative estimate of drug-likeness (QED) is 0.558. The second kappa shape index (κ2) is 9.99. The lowest BCUT2D eigenvalue weighted by Gasteiger charge is -2.22. The molecule has 3 aromatic rings. The number of para-hydroxylation sites is 1. The van der Waals surface area contributed by atoms with E-state index in [0.29, 0.717) is 34.6 Å². The second-order valence-corrected chi connectivity index (χ2v) is 8.74. The Hall–Kier alpha value is -3.13. The Kier molecular flexibility index (Phi) is 6.90. The average Bonchev–Trinajstić information content (AvgIpc) is 3.36. The van der Waals surface area contributed by atoms with Crippen molar-refractivity contribution in [3.05, 3.63) is 70.3 Å². The molecule has 2 aromatic carbocycles. The number of amides is 2. The van der Waals surface area contributed by atoms with Crippen LogP contribution >= 0.6 is 11.8 Å². The number of fused-ring (bicyclic) bond motifs is 1. The van der Waals surface area contributed by atoms with Gasteiger partial charge in [0, 0.05) is 24.5 Å². The van der Waals surface area contributed by atoms with Gasteiger partial charge in [-0.3, -0.25) is 14.4 Å². The van der Waals surface area contributed by atoms with Gasteiger partial charge in [0.25, 0.3) is 11.5 Å². The van der Waals surface area contributed by atoms with Gasteiger partial charge in [-0.25, -0.2) is 4.98 Å². The lowest BCUT2D eigenvalue weighted by atomic mass is 10.2. The van der Waals surface area contributed by atoms with Crippen molar-refractivity contribution in [2.45, 2.75) is 31.2 Å². The molecule has 0 spiro atoms. The van der Waals surface area contributed by atoms with Crippen LogP contribution in [0.4, 0.5) is 0 Å². The van der Waals surface area contributed by atoms with E-state index in [9.17, 15) is 14.4 Å². The first-order valence-electron chi connectivity index (χ1n) is 10.8. The van der Waals surface area contributed by atoms with Gasteiger partial charge < -0.3 is 14.8 Å². The molecule has 1 N–H and O–H groups in total. The van der Waals surface area contributed by atoms with Gasteiger partial charge in [-0.2, -0.15) is 0 Å². The summed E-state index contributed by atoms with van der Waals surface area (Å²) in [5.74, 6) is 0.717. The summed E-state index contributed by atoms with van der Waals surface area (Å²) < 4.78 is 0. The van der Waals surface area contributed by atoms with Crippen molar-refractivity contribution >= 4 is 34.5 Å². The average molecular weight is 451 g/mol. The minimum atomic E-state index is -0.217. The molecule has 4 rings (SSSR count). The highest BCUT2D eigenvalue weighted by Gasteiger charge is 2.22. The molecule has 1 saturated heterocycles. The number of carbonyl (C=O) groups is 2. The van der Waals surface area contributed by atoms with Crippen LogP contribution in [0.2, 0.25) is 0 Å². The molecule has 32 heavy (non-hydrogen) atoms. The number of H-pyrrole nitrogens is 1. The van der Waals surface area contributed by atoms with Gasteiger partial charge >= 0.3 is 0 Å². The van der Waals surface area contributed by atoms with Crippen molar-refractivity contribution in [2.75, 3.05) is 25.4 Å². The van der Waals surface area contributed by atoms with E-state index < -0.39 is 0 Å². The monoisotopic (exact) mass is 450 g/mol. The summed E-state index contributed by atoms with van der Waals surface area (Å²) in [5.41, 5.74) is 0.938. The summed E-state index contributed by atoms with van der Waals surface area (Å²) >= 11 is 1.40. The van der Waals surface area contributed by atoms with Crippen molar-refractivity contribution in [3.8, 4) is 0 Å². The number of aromatic nitrogens is 2. The van der Waals surface area contributed by atoms with E-state index in [4.69, 9.17) is 0 Å². The molecule has 0 saturated carbocycles. The van der Waals surface area contributed by atoms with Gasteiger partial charge in [-0.15, -0.1) is 11.8 Å². The van der Waals surface area contributed by atoms with Gasteiger partial charge in [-0.1, -0.05) is 24.3 Å². The van der Waals surface area contributed by atoms with Gasteiger partial charge in [0.15, 0.2) is 0 Å². The first kappa shape index (κ1) is 22.1. The molecule has 0 aliphatic carbocycles. The third-order valence-electron chi connectivity index (χ3n) is 5.60. The smallest absolute Gasteiger partial charge is 0.258 e. The highest BCUT2D eigenvalue weighted by atomic mass is 32.2. The number of hydrogen-bond acceptors (Lipinski definition) is 5. The lowest BCUT2D eigenvalue weighted by Crippen LogP contribution is -2.32. The Labute approximate surface area is 190 Å². The molecule has 166 valence electrons. The van der Waals surface area contributed by atoms with E-state index >= 15 is 0 Å². The molecule has 7 nitrogen and oxygen atoms in total. The van der Waals surface area contributed by atoms with E-state index in [1.54, 1.807) is 29.2 Å². The zero-order valence-corrected chi connectivity index (χ0v) is 18.9. The summed E-state index contributed by atoms with van der Waals surface area (Å²) in [5, 5.41) is 0.523. The Bertz CT molecular complexity index is 1190. The maximum Gasteiger partial charge on any atom is 0.258 e. The maximum atomic E-state index is 13.3. The first-order valence-corrected chi connectivity index (χ1v) is 11.8. The predicted octanol–water partition coefficient (Wildman–Crippen LogP) is 3.30. The number of nitrogens with zero attached hydrogens (tertiary/aromatic N) is 3. The first-order chi connectivity index (χ1) is 15.6. The third kappa shape index (κ3) is 4.85. The zero-order chi connectivity index (χ0) is 22.5. The standard InChI is InChI=1S/C24H26N4O3S/c1-2-27(15-21-25-19-11-5-3-9-17(19)23(30)26-21)24(31)18-10-4-6-12-20(18)32-16-22(29)28-13-7-8-14-28/h3-6,9-12H,2,7-8,13-16H2,1H3,(H,25,26,30). The maximum absolute atomic E-state index is 13.3. The highest BCUT2D eigenvalue weighted by Crippen LogP contribution is 2.25. The molecule has 2 amide bonds. The van der Waals surface area contributed by atoms with Crippen LogP contribution in [0, 0.1) is 0 Å². The Balaban J connectivity index is 1.51. The van der Waals surface area contributed by atoms with E-state index in [2.05, 4.69) is 9.97 Å². The fourth-order valence-electron chi connectivity index (χ4n) is 3.85. The molecular weight excluding hydrogens is 424 g/mol. The number of hydrogen-bond donors (Lipinski definition) is 1. The largest absolute Gasteiger partial charge is 0.342 e. The van der Waals surface area contributed by atoms with Crippen molar-refractivity contribution in [3.63, 3.8) is 0 Å². The summed E-state index contributed by atoms with van der Waals surface area (Å²) in [4.78, 5) is 49.8.